The van der Waals surface area contributed by atoms with Gasteiger partial charge in [0, 0.05) is 31.9 Å². The number of halogens is 1. The highest BCUT2D eigenvalue weighted by atomic mass is 35.5. The lowest BCUT2D eigenvalue weighted by atomic mass is 10.3. The third kappa shape index (κ3) is 6.27. The van der Waals surface area contributed by atoms with Crippen molar-refractivity contribution >= 4 is 33.2 Å². The smallest absolute Gasteiger partial charge is 0.261 e. The van der Waals surface area contributed by atoms with Gasteiger partial charge >= 0.3 is 0 Å². The van der Waals surface area contributed by atoms with Crippen molar-refractivity contribution in [3.05, 3.63) is 47.5 Å². The molecular formula is C22H28ClN3O5S. The molecule has 8 nitrogen and oxygen atoms in total. The maximum Gasteiger partial charge on any atom is 0.261 e. The minimum absolute atomic E-state index is 0.00857. The fourth-order valence-electron chi connectivity index (χ4n) is 3.31. The van der Waals surface area contributed by atoms with Crippen LogP contribution in [-0.4, -0.2) is 70.1 Å². The summed E-state index contributed by atoms with van der Waals surface area (Å²) in [5.74, 6) is 0.791. The lowest BCUT2D eigenvalue weighted by molar-refractivity contribution is -0.135. The van der Waals surface area contributed by atoms with Crippen molar-refractivity contribution < 1.29 is 22.7 Å². The summed E-state index contributed by atoms with van der Waals surface area (Å²) in [6.07, 6.45) is 0. The Hall–Kier alpha value is -2.49. The Balaban J connectivity index is 1.59. The molecule has 0 bridgehead atoms. The Kier molecular flexibility index (Phi) is 8.22. The molecule has 32 heavy (non-hydrogen) atoms. The van der Waals surface area contributed by atoms with Gasteiger partial charge in [-0.05, 0) is 55.9 Å². The van der Waals surface area contributed by atoms with E-state index in [9.17, 15) is 13.2 Å². The molecule has 3 rings (SSSR count). The zero-order chi connectivity index (χ0) is 23.1. The third-order valence-corrected chi connectivity index (χ3v) is 6.83. The van der Waals surface area contributed by atoms with Gasteiger partial charge in [0.25, 0.3) is 15.9 Å². The maximum atomic E-state index is 12.7. The molecule has 1 amide bonds. The highest BCUT2D eigenvalue weighted by Crippen LogP contribution is 2.28. The van der Waals surface area contributed by atoms with Crippen LogP contribution < -0.4 is 14.2 Å². The first-order valence-electron chi connectivity index (χ1n) is 10.5. The number of anilines is 1. The highest BCUT2D eigenvalue weighted by Gasteiger charge is 2.21. The Bertz CT molecular complexity index is 1020. The summed E-state index contributed by atoms with van der Waals surface area (Å²) in [4.78, 5) is 16.4. The van der Waals surface area contributed by atoms with Gasteiger partial charge in [-0.3, -0.25) is 9.52 Å². The van der Waals surface area contributed by atoms with Gasteiger partial charge in [-0.2, -0.15) is 0 Å². The summed E-state index contributed by atoms with van der Waals surface area (Å²) in [6, 6.07) is 10.8. The molecule has 0 unspecified atom stereocenters. The van der Waals surface area contributed by atoms with Crippen LogP contribution in [0.1, 0.15) is 13.8 Å². The van der Waals surface area contributed by atoms with Crippen molar-refractivity contribution in [1.29, 1.82) is 0 Å². The number of likely N-dealkylation sites (N-methyl/N-ethyl adjacent to an activating group) is 1. The van der Waals surface area contributed by atoms with Crippen LogP contribution in [0.5, 0.6) is 11.5 Å². The summed E-state index contributed by atoms with van der Waals surface area (Å²) in [6.45, 7) is 8.33. The molecule has 2 aromatic rings. The molecule has 0 aromatic heterocycles. The summed E-state index contributed by atoms with van der Waals surface area (Å²) in [5, 5.41) is 0.114. The lowest BCUT2D eigenvalue weighted by Crippen LogP contribution is -2.49. The van der Waals surface area contributed by atoms with Crippen LogP contribution in [0.2, 0.25) is 5.02 Å². The normalized spacial score (nSPS) is 14.8. The minimum Gasteiger partial charge on any atom is -0.494 e. The van der Waals surface area contributed by atoms with E-state index in [4.69, 9.17) is 21.1 Å². The average molecular weight is 482 g/mol. The number of carbonyl (C=O) groups excluding carboxylic acids is 1. The molecule has 1 aliphatic heterocycles. The van der Waals surface area contributed by atoms with Crippen LogP contribution in [0.4, 0.5) is 5.69 Å². The zero-order valence-corrected chi connectivity index (χ0v) is 19.8. The van der Waals surface area contributed by atoms with Gasteiger partial charge in [-0.25, -0.2) is 8.42 Å². The number of benzene rings is 2. The number of piperazine rings is 1. The lowest BCUT2D eigenvalue weighted by Gasteiger charge is -2.33. The Morgan fingerprint density at radius 3 is 2.31 bits per heavy atom. The van der Waals surface area contributed by atoms with Crippen LogP contribution in [-0.2, 0) is 14.8 Å². The van der Waals surface area contributed by atoms with Crippen molar-refractivity contribution in [2.24, 2.45) is 0 Å². The van der Waals surface area contributed by atoms with E-state index >= 15 is 0 Å². The first-order chi connectivity index (χ1) is 15.3. The van der Waals surface area contributed by atoms with E-state index in [-0.39, 0.29) is 28.2 Å². The van der Waals surface area contributed by atoms with Gasteiger partial charge in [-0.15, -0.1) is 0 Å². The molecule has 0 atom stereocenters. The molecule has 2 aromatic carbocycles. The maximum absolute atomic E-state index is 12.7. The molecule has 174 valence electrons. The van der Waals surface area contributed by atoms with Crippen molar-refractivity contribution in [2.45, 2.75) is 18.7 Å². The average Bonchev–Trinajstić information content (AvgIpc) is 2.79. The number of rotatable bonds is 9. The number of hydrogen-bond donors (Lipinski definition) is 1. The predicted octanol–water partition coefficient (Wildman–Crippen LogP) is 3.08. The summed E-state index contributed by atoms with van der Waals surface area (Å²) < 4.78 is 38.8. The molecule has 1 fully saturated rings. The van der Waals surface area contributed by atoms with Crippen molar-refractivity contribution in [2.75, 3.05) is 50.7 Å². The fraction of sp³-hybridized carbons (Fsp3) is 0.409. The number of hydrogen-bond acceptors (Lipinski definition) is 6. The van der Waals surface area contributed by atoms with Gasteiger partial charge in [0.1, 0.15) is 11.5 Å². The zero-order valence-electron chi connectivity index (χ0n) is 18.2. The first kappa shape index (κ1) is 24.2. The monoisotopic (exact) mass is 481 g/mol. The van der Waals surface area contributed by atoms with Crippen LogP contribution in [0.3, 0.4) is 0 Å². The number of nitrogens with one attached hydrogen (secondary N) is 1. The molecule has 10 heteroatoms. The number of amides is 1. The molecule has 1 aliphatic rings. The summed E-state index contributed by atoms with van der Waals surface area (Å²) in [5.41, 5.74) is 0.402. The Labute approximate surface area is 194 Å². The first-order valence-corrected chi connectivity index (χ1v) is 12.4. The Morgan fingerprint density at radius 1 is 1.03 bits per heavy atom. The van der Waals surface area contributed by atoms with E-state index in [1.807, 2.05) is 6.92 Å². The SMILES string of the molecule is CCOc1ccc(NS(=O)(=O)c2ccc(OCC(=O)N3CCN(CC)CC3)c(Cl)c2)cc1. The van der Waals surface area contributed by atoms with Crippen molar-refractivity contribution in [1.82, 2.24) is 9.80 Å². The van der Waals surface area contributed by atoms with Crippen molar-refractivity contribution in [3.63, 3.8) is 0 Å². The van der Waals surface area contributed by atoms with Crippen LogP contribution in [0.15, 0.2) is 47.4 Å². The van der Waals surface area contributed by atoms with Crippen LogP contribution >= 0.6 is 11.6 Å². The van der Waals surface area contributed by atoms with E-state index in [0.29, 0.717) is 31.1 Å². The fourth-order valence-corrected chi connectivity index (χ4v) is 4.69. The summed E-state index contributed by atoms with van der Waals surface area (Å²) in [7, 11) is -3.84. The standard InChI is InChI=1S/C22H28ClN3O5S/c1-3-25-11-13-26(14-12-25)22(27)16-31-21-10-9-19(15-20(21)23)32(28,29)24-17-5-7-18(8-6-17)30-4-2/h5-10,15,24H,3-4,11-14,16H2,1-2H3. The Morgan fingerprint density at radius 2 is 1.72 bits per heavy atom. The third-order valence-electron chi connectivity index (χ3n) is 5.15. The minimum atomic E-state index is -3.84. The van der Waals surface area contributed by atoms with Crippen molar-refractivity contribution in [3.8, 4) is 11.5 Å². The number of nitrogens with zero attached hydrogens (tertiary/aromatic N) is 2. The summed E-state index contributed by atoms with van der Waals surface area (Å²) >= 11 is 6.24. The van der Waals surface area contributed by atoms with Gasteiger partial charge < -0.3 is 19.3 Å². The second-order valence-electron chi connectivity index (χ2n) is 7.26. The van der Waals surface area contributed by atoms with Gasteiger partial charge in [0.05, 0.1) is 16.5 Å². The van der Waals surface area contributed by atoms with E-state index in [2.05, 4.69) is 16.5 Å². The molecule has 0 spiro atoms. The second-order valence-corrected chi connectivity index (χ2v) is 9.35. The molecule has 0 aliphatic carbocycles. The molecular weight excluding hydrogens is 454 g/mol. The largest absolute Gasteiger partial charge is 0.494 e. The number of sulfonamides is 1. The van der Waals surface area contributed by atoms with E-state index in [1.54, 1.807) is 29.2 Å². The van der Waals surface area contributed by atoms with Gasteiger partial charge in [-0.1, -0.05) is 18.5 Å². The second kappa shape index (κ2) is 10.9. The quantitative estimate of drug-likeness (QED) is 0.592. The molecule has 1 N–H and O–H groups in total. The van der Waals surface area contributed by atoms with Gasteiger partial charge in [0.2, 0.25) is 0 Å². The van der Waals surface area contributed by atoms with E-state index in [1.165, 1.54) is 18.2 Å². The molecule has 1 saturated heterocycles. The molecule has 1 heterocycles. The predicted molar refractivity (Wildman–Crippen MR) is 124 cm³/mol. The number of ether oxygens (including phenoxy) is 2. The van der Waals surface area contributed by atoms with E-state index in [0.717, 1.165) is 19.6 Å². The number of carbonyl (C=O) groups is 1. The van der Waals surface area contributed by atoms with E-state index < -0.39 is 10.0 Å². The highest BCUT2D eigenvalue weighted by molar-refractivity contribution is 7.92. The molecule has 0 radical (unpaired) electrons. The van der Waals surface area contributed by atoms with Crippen LogP contribution in [0, 0.1) is 0 Å². The molecule has 0 saturated carbocycles. The van der Waals surface area contributed by atoms with Gasteiger partial charge in [0.15, 0.2) is 6.61 Å². The van der Waals surface area contributed by atoms with Crippen LogP contribution in [0.25, 0.3) is 0 Å². The topological polar surface area (TPSA) is 88.2 Å².